The molecule has 0 spiro atoms. The van der Waals surface area contributed by atoms with Crippen LogP contribution in [0, 0.1) is 5.41 Å². The van der Waals surface area contributed by atoms with Crippen LogP contribution in [0.4, 0.5) is 0 Å². The van der Waals surface area contributed by atoms with E-state index in [0.717, 1.165) is 12.1 Å². The lowest BCUT2D eigenvalue weighted by molar-refractivity contribution is 0.198. The normalized spacial score (nSPS) is 24.0. The molecule has 0 amide bonds. The lowest BCUT2D eigenvalue weighted by atomic mass is 9.75. The van der Waals surface area contributed by atoms with Crippen molar-refractivity contribution in [3.8, 4) is 0 Å². The Morgan fingerprint density at radius 3 is 2.40 bits per heavy atom. The maximum absolute atomic E-state index is 3.79. The molecule has 0 aliphatic heterocycles. The molecule has 90 valence electrons. The van der Waals surface area contributed by atoms with Crippen molar-refractivity contribution in [3.63, 3.8) is 0 Å². The molecular weight excluding hydrogens is 182 g/mol. The van der Waals surface area contributed by atoms with Crippen LogP contribution in [0.1, 0.15) is 72.6 Å². The fourth-order valence-corrected chi connectivity index (χ4v) is 2.56. The van der Waals surface area contributed by atoms with Gasteiger partial charge in [0.05, 0.1) is 0 Å². The van der Waals surface area contributed by atoms with Crippen molar-refractivity contribution in [1.29, 1.82) is 0 Å². The molecule has 1 N–H and O–H groups in total. The van der Waals surface area contributed by atoms with E-state index in [-0.39, 0.29) is 0 Å². The Bertz CT molecular complexity index is 164. The quantitative estimate of drug-likeness (QED) is 0.721. The summed E-state index contributed by atoms with van der Waals surface area (Å²) in [4.78, 5) is 0. The summed E-state index contributed by atoms with van der Waals surface area (Å²) in [5, 5.41) is 3.79. The van der Waals surface area contributed by atoms with E-state index in [4.69, 9.17) is 0 Å². The van der Waals surface area contributed by atoms with Crippen LogP contribution in [0.5, 0.6) is 0 Å². The number of hydrogen-bond acceptors (Lipinski definition) is 1. The van der Waals surface area contributed by atoms with Crippen LogP contribution in [0.15, 0.2) is 0 Å². The second-order valence-electron chi connectivity index (χ2n) is 6.15. The van der Waals surface area contributed by atoms with Gasteiger partial charge in [0, 0.05) is 12.1 Å². The van der Waals surface area contributed by atoms with Crippen molar-refractivity contribution in [2.45, 2.75) is 84.7 Å². The largest absolute Gasteiger partial charge is 0.312 e. The third-order valence-corrected chi connectivity index (χ3v) is 3.85. The predicted molar refractivity (Wildman–Crippen MR) is 68.2 cm³/mol. The Morgan fingerprint density at radius 1 is 1.27 bits per heavy atom. The molecule has 0 bridgehead atoms. The zero-order valence-electron chi connectivity index (χ0n) is 11.1. The number of rotatable bonds is 5. The topological polar surface area (TPSA) is 12.0 Å². The molecule has 1 unspecified atom stereocenters. The summed E-state index contributed by atoms with van der Waals surface area (Å²) < 4.78 is 0. The van der Waals surface area contributed by atoms with E-state index >= 15 is 0 Å². The van der Waals surface area contributed by atoms with Crippen LogP contribution >= 0.6 is 0 Å². The molecule has 15 heavy (non-hydrogen) atoms. The van der Waals surface area contributed by atoms with Gasteiger partial charge in [0.15, 0.2) is 0 Å². The molecule has 0 aromatic carbocycles. The van der Waals surface area contributed by atoms with Gasteiger partial charge < -0.3 is 5.32 Å². The van der Waals surface area contributed by atoms with Crippen molar-refractivity contribution in [3.05, 3.63) is 0 Å². The Balaban J connectivity index is 2.17. The van der Waals surface area contributed by atoms with Crippen molar-refractivity contribution in [2.24, 2.45) is 5.41 Å². The van der Waals surface area contributed by atoms with E-state index in [0.29, 0.717) is 5.41 Å². The summed E-state index contributed by atoms with van der Waals surface area (Å²) in [7, 11) is 0. The minimum absolute atomic E-state index is 0.602. The van der Waals surface area contributed by atoms with E-state index in [1.807, 2.05) is 0 Å². The van der Waals surface area contributed by atoms with E-state index < -0.39 is 0 Å². The second kappa shape index (κ2) is 5.89. The summed E-state index contributed by atoms with van der Waals surface area (Å²) >= 11 is 0. The van der Waals surface area contributed by atoms with E-state index in [9.17, 15) is 0 Å². The van der Waals surface area contributed by atoms with Gasteiger partial charge in [0.1, 0.15) is 0 Å². The minimum Gasteiger partial charge on any atom is -0.312 e. The smallest absolute Gasteiger partial charge is 0.00699 e. The number of nitrogens with one attached hydrogen (secondary N) is 1. The summed E-state index contributed by atoms with van der Waals surface area (Å²) in [6.07, 6.45) is 9.58. The summed E-state index contributed by atoms with van der Waals surface area (Å²) in [5.74, 6) is 0. The van der Waals surface area contributed by atoms with Crippen LogP contribution in [0.25, 0.3) is 0 Å². The fraction of sp³-hybridized carbons (Fsp3) is 1.00. The van der Waals surface area contributed by atoms with Gasteiger partial charge in [-0.25, -0.2) is 0 Å². The molecule has 1 saturated carbocycles. The van der Waals surface area contributed by atoms with Crippen LogP contribution in [0.3, 0.4) is 0 Å². The molecule has 0 radical (unpaired) electrons. The Morgan fingerprint density at radius 2 is 1.87 bits per heavy atom. The molecular formula is C14H29N. The molecule has 1 aliphatic rings. The van der Waals surface area contributed by atoms with Crippen molar-refractivity contribution in [2.75, 3.05) is 0 Å². The molecule has 1 aliphatic carbocycles. The maximum atomic E-state index is 3.79. The molecule has 1 fully saturated rings. The zero-order chi connectivity index (χ0) is 11.3. The average molecular weight is 211 g/mol. The fourth-order valence-electron chi connectivity index (χ4n) is 2.56. The monoisotopic (exact) mass is 211 g/mol. The molecule has 1 nitrogen and oxygen atoms in total. The molecule has 0 saturated heterocycles. The Kier molecular flexibility index (Phi) is 5.11. The van der Waals surface area contributed by atoms with Gasteiger partial charge >= 0.3 is 0 Å². The summed E-state index contributed by atoms with van der Waals surface area (Å²) in [5.41, 5.74) is 0.602. The predicted octanol–water partition coefficient (Wildman–Crippen LogP) is 4.12. The van der Waals surface area contributed by atoms with Gasteiger partial charge in [-0.15, -0.1) is 0 Å². The van der Waals surface area contributed by atoms with Crippen molar-refractivity contribution < 1.29 is 0 Å². The first-order valence-electron chi connectivity index (χ1n) is 6.79. The van der Waals surface area contributed by atoms with Gasteiger partial charge in [-0.05, 0) is 44.4 Å². The first kappa shape index (κ1) is 13.0. The third-order valence-electron chi connectivity index (χ3n) is 3.85. The Labute approximate surface area is 96.0 Å². The van der Waals surface area contributed by atoms with Crippen molar-refractivity contribution >= 4 is 0 Å². The average Bonchev–Trinajstić information content (AvgIpc) is 2.18. The SMILES string of the molecule is CCCCC(C)NC1CCC(C)(C)CC1. The third kappa shape index (κ3) is 5.01. The first-order valence-corrected chi connectivity index (χ1v) is 6.79. The lowest BCUT2D eigenvalue weighted by Gasteiger charge is -2.36. The highest BCUT2D eigenvalue weighted by molar-refractivity contribution is 4.83. The Hall–Kier alpha value is -0.0400. The minimum atomic E-state index is 0.602. The van der Waals surface area contributed by atoms with Gasteiger partial charge in [0.25, 0.3) is 0 Å². The standard InChI is InChI=1S/C14H29N/c1-5-6-7-12(2)15-13-8-10-14(3,4)11-9-13/h12-13,15H,5-11H2,1-4H3. The highest BCUT2D eigenvalue weighted by Crippen LogP contribution is 2.35. The van der Waals surface area contributed by atoms with E-state index in [2.05, 4.69) is 33.0 Å². The van der Waals surface area contributed by atoms with Crippen molar-refractivity contribution in [1.82, 2.24) is 5.32 Å². The molecule has 1 atom stereocenters. The second-order valence-corrected chi connectivity index (χ2v) is 6.15. The number of unbranched alkanes of at least 4 members (excludes halogenated alkanes) is 1. The maximum Gasteiger partial charge on any atom is 0.00699 e. The van der Waals surface area contributed by atoms with Gasteiger partial charge in [0.2, 0.25) is 0 Å². The van der Waals surface area contributed by atoms with Crippen LogP contribution < -0.4 is 5.32 Å². The highest BCUT2D eigenvalue weighted by atomic mass is 14.9. The lowest BCUT2D eigenvalue weighted by Crippen LogP contribution is -2.40. The van der Waals surface area contributed by atoms with Crippen LogP contribution in [0.2, 0.25) is 0 Å². The zero-order valence-corrected chi connectivity index (χ0v) is 11.1. The molecule has 0 aromatic rings. The molecule has 0 heterocycles. The van der Waals surface area contributed by atoms with Gasteiger partial charge in [-0.2, -0.15) is 0 Å². The van der Waals surface area contributed by atoms with Crippen LogP contribution in [-0.4, -0.2) is 12.1 Å². The summed E-state index contributed by atoms with van der Waals surface area (Å²) in [6.45, 7) is 9.43. The highest BCUT2D eigenvalue weighted by Gasteiger charge is 2.26. The first-order chi connectivity index (χ1) is 7.03. The molecule has 1 heteroatoms. The van der Waals surface area contributed by atoms with E-state index in [1.54, 1.807) is 0 Å². The molecule has 0 aromatic heterocycles. The van der Waals surface area contributed by atoms with Crippen LogP contribution in [-0.2, 0) is 0 Å². The van der Waals surface area contributed by atoms with E-state index in [1.165, 1.54) is 44.9 Å². The number of hydrogen-bond donors (Lipinski definition) is 1. The van der Waals surface area contributed by atoms with Gasteiger partial charge in [-0.1, -0.05) is 33.6 Å². The summed E-state index contributed by atoms with van der Waals surface area (Å²) in [6, 6.07) is 1.51. The molecule has 1 rings (SSSR count). The van der Waals surface area contributed by atoms with Gasteiger partial charge in [-0.3, -0.25) is 0 Å².